The van der Waals surface area contributed by atoms with Crippen LogP contribution in [0.5, 0.6) is 23.0 Å². The highest BCUT2D eigenvalue weighted by Crippen LogP contribution is 2.27. The lowest BCUT2D eigenvalue weighted by atomic mass is 10.1. The van der Waals surface area contributed by atoms with Gasteiger partial charge in [0.15, 0.2) is 0 Å². The van der Waals surface area contributed by atoms with Gasteiger partial charge in [-0.25, -0.2) is 0 Å². The monoisotopic (exact) mass is 461 g/mol. The molecule has 0 atom stereocenters. The number of hydrogen-bond acceptors (Lipinski definition) is 5. The molecule has 2 aromatic carbocycles. The molecule has 0 amide bonds. The number of carbonyl (C=O) groups excluding carboxylic acids is 1. The SMILES string of the molecule is CCCCCCOc1ccc(-c2ccc(Oc3ccc(OC(=O)CCCCC)cc3)cc2)nc1. The molecule has 0 saturated heterocycles. The van der Waals surface area contributed by atoms with Gasteiger partial charge in [0.2, 0.25) is 0 Å². The van der Waals surface area contributed by atoms with Crippen molar-refractivity contribution in [3.05, 3.63) is 66.9 Å². The third-order valence-electron chi connectivity index (χ3n) is 5.43. The summed E-state index contributed by atoms with van der Waals surface area (Å²) in [5.74, 6) is 2.54. The van der Waals surface area contributed by atoms with Gasteiger partial charge < -0.3 is 14.2 Å². The first-order valence-electron chi connectivity index (χ1n) is 12.4. The van der Waals surface area contributed by atoms with Gasteiger partial charge in [0, 0.05) is 12.0 Å². The number of ether oxygens (including phenoxy) is 3. The molecule has 0 spiro atoms. The standard InChI is InChI=1S/C29H35NO4/c1-3-5-7-9-21-32-27-19-20-28(30-22-27)23-11-13-24(14-12-23)33-25-15-17-26(18-16-25)34-29(31)10-8-6-4-2/h11-20,22H,3-10,21H2,1-2H3. The third-order valence-corrected chi connectivity index (χ3v) is 5.43. The summed E-state index contributed by atoms with van der Waals surface area (Å²) in [6.07, 6.45) is 9.95. The Hall–Kier alpha value is -3.34. The van der Waals surface area contributed by atoms with Crippen LogP contribution >= 0.6 is 0 Å². The van der Waals surface area contributed by atoms with Crippen LogP contribution in [0, 0.1) is 0 Å². The fraction of sp³-hybridized carbons (Fsp3) is 0.379. The van der Waals surface area contributed by atoms with E-state index in [-0.39, 0.29) is 5.97 Å². The van der Waals surface area contributed by atoms with Gasteiger partial charge in [-0.3, -0.25) is 9.78 Å². The van der Waals surface area contributed by atoms with Crippen LogP contribution in [-0.4, -0.2) is 17.6 Å². The lowest BCUT2D eigenvalue weighted by Gasteiger charge is -2.09. The molecule has 3 rings (SSSR count). The maximum Gasteiger partial charge on any atom is 0.311 e. The second kappa shape index (κ2) is 14.0. The van der Waals surface area contributed by atoms with Crippen molar-refractivity contribution in [2.24, 2.45) is 0 Å². The Bertz CT molecular complexity index is 982. The van der Waals surface area contributed by atoms with E-state index in [0.29, 0.717) is 17.9 Å². The van der Waals surface area contributed by atoms with Crippen LogP contribution in [0.1, 0.15) is 65.2 Å². The number of nitrogens with zero attached hydrogens (tertiary/aromatic N) is 1. The molecule has 0 aliphatic heterocycles. The molecule has 0 aliphatic carbocycles. The van der Waals surface area contributed by atoms with E-state index in [9.17, 15) is 4.79 Å². The minimum Gasteiger partial charge on any atom is -0.492 e. The Labute approximate surface area is 203 Å². The molecule has 5 nitrogen and oxygen atoms in total. The average Bonchev–Trinajstić information content (AvgIpc) is 2.86. The molecule has 5 heteroatoms. The van der Waals surface area contributed by atoms with Crippen molar-refractivity contribution in [1.29, 1.82) is 0 Å². The number of aromatic nitrogens is 1. The van der Waals surface area contributed by atoms with E-state index in [0.717, 1.165) is 55.0 Å². The normalized spacial score (nSPS) is 10.6. The van der Waals surface area contributed by atoms with Crippen LogP contribution in [0.3, 0.4) is 0 Å². The molecule has 1 aromatic heterocycles. The van der Waals surface area contributed by atoms with E-state index in [4.69, 9.17) is 14.2 Å². The molecule has 0 aliphatic rings. The van der Waals surface area contributed by atoms with E-state index in [1.807, 2.05) is 36.4 Å². The highest BCUT2D eigenvalue weighted by atomic mass is 16.5. The van der Waals surface area contributed by atoms with E-state index in [1.54, 1.807) is 30.5 Å². The topological polar surface area (TPSA) is 57.7 Å². The van der Waals surface area contributed by atoms with Gasteiger partial charge in [0.25, 0.3) is 0 Å². The smallest absolute Gasteiger partial charge is 0.311 e. The molecular weight excluding hydrogens is 426 g/mol. The number of benzene rings is 2. The summed E-state index contributed by atoms with van der Waals surface area (Å²) in [4.78, 5) is 16.4. The zero-order valence-electron chi connectivity index (χ0n) is 20.3. The van der Waals surface area contributed by atoms with Crippen molar-refractivity contribution in [1.82, 2.24) is 4.98 Å². The maximum atomic E-state index is 11.8. The first-order chi connectivity index (χ1) is 16.7. The van der Waals surface area contributed by atoms with Crippen molar-refractivity contribution >= 4 is 5.97 Å². The van der Waals surface area contributed by atoms with E-state index in [1.165, 1.54) is 19.3 Å². The first-order valence-corrected chi connectivity index (χ1v) is 12.4. The summed E-state index contributed by atoms with van der Waals surface area (Å²) >= 11 is 0. The van der Waals surface area contributed by atoms with Crippen LogP contribution in [0.2, 0.25) is 0 Å². The summed E-state index contributed by atoms with van der Waals surface area (Å²) in [7, 11) is 0. The summed E-state index contributed by atoms with van der Waals surface area (Å²) in [6, 6.07) is 18.8. The molecule has 0 bridgehead atoms. The maximum absolute atomic E-state index is 11.8. The first kappa shape index (κ1) is 25.3. The minimum absolute atomic E-state index is 0.196. The molecule has 3 aromatic rings. The highest BCUT2D eigenvalue weighted by Gasteiger charge is 2.06. The summed E-state index contributed by atoms with van der Waals surface area (Å²) in [5, 5.41) is 0. The van der Waals surface area contributed by atoms with Gasteiger partial charge in [0.1, 0.15) is 23.0 Å². The predicted octanol–water partition coefficient (Wildman–Crippen LogP) is 7.99. The van der Waals surface area contributed by atoms with Gasteiger partial charge >= 0.3 is 5.97 Å². The van der Waals surface area contributed by atoms with Crippen LogP contribution < -0.4 is 14.2 Å². The Balaban J connectivity index is 1.48. The van der Waals surface area contributed by atoms with Crippen molar-refractivity contribution in [3.8, 4) is 34.3 Å². The number of hydrogen-bond donors (Lipinski definition) is 0. The lowest BCUT2D eigenvalue weighted by molar-refractivity contribution is -0.134. The van der Waals surface area contributed by atoms with Crippen LogP contribution in [0.25, 0.3) is 11.3 Å². The molecule has 0 radical (unpaired) electrons. The van der Waals surface area contributed by atoms with E-state index >= 15 is 0 Å². The van der Waals surface area contributed by atoms with Gasteiger partial charge in [0.05, 0.1) is 18.5 Å². The number of unbranched alkanes of at least 4 members (excludes halogenated alkanes) is 5. The van der Waals surface area contributed by atoms with Crippen molar-refractivity contribution in [2.75, 3.05) is 6.61 Å². The van der Waals surface area contributed by atoms with Crippen LogP contribution in [-0.2, 0) is 4.79 Å². The molecule has 0 fully saturated rings. The Morgan fingerprint density at radius 2 is 1.32 bits per heavy atom. The second-order valence-electron chi connectivity index (χ2n) is 8.32. The minimum atomic E-state index is -0.196. The van der Waals surface area contributed by atoms with Gasteiger partial charge in [-0.2, -0.15) is 0 Å². The van der Waals surface area contributed by atoms with Gasteiger partial charge in [-0.15, -0.1) is 0 Å². The lowest BCUT2D eigenvalue weighted by Crippen LogP contribution is -2.07. The van der Waals surface area contributed by atoms with Gasteiger partial charge in [-0.1, -0.05) is 46.0 Å². The molecule has 180 valence electrons. The Kier molecular flexibility index (Phi) is 10.4. The quantitative estimate of drug-likeness (QED) is 0.138. The molecule has 34 heavy (non-hydrogen) atoms. The molecule has 0 saturated carbocycles. The second-order valence-corrected chi connectivity index (χ2v) is 8.32. The summed E-state index contributed by atoms with van der Waals surface area (Å²) < 4.78 is 17.1. The van der Waals surface area contributed by atoms with Crippen molar-refractivity contribution in [3.63, 3.8) is 0 Å². The largest absolute Gasteiger partial charge is 0.492 e. The Morgan fingerprint density at radius 1 is 0.706 bits per heavy atom. The van der Waals surface area contributed by atoms with Crippen molar-refractivity contribution in [2.45, 2.75) is 65.2 Å². The predicted molar refractivity (Wildman–Crippen MR) is 136 cm³/mol. The van der Waals surface area contributed by atoms with Crippen LogP contribution in [0.4, 0.5) is 0 Å². The number of esters is 1. The molecule has 0 unspecified atom stereocenters. The summed E-state index contributed by atoms with van der Waals surface area (Å²) in [6.45, 7) is 5.04. The summed E-state index contributed by atoms with van der Waals surface area (Å²) in [5.41, 5.74) is 1.89. The van der Waals surface area contributed by atoms with Crippen molar-refractivity contribution < 1.29 is 19.0 Å². The fourth-order valence-corrected chi connectivity index (χ4v) is 3.46. The van der Waals surface area contributed by atoms with Gasteiger partial charge in [-0.05, 0) is 73.5 Å². The zero-order chi connectivity index (χ0) is 24.0. The number of pyridine rings is 1. The average molecular weight is 462 g/mol. The highest BCUT2D eigenvalue weighted by molar-refractivity contribution is 5.72. The molecule has 1 heterocycles. The van der Waals surface area contributed by atoms with Crippen LogP contribution in [0.15, 0.2) is 66.9 Å². The van der Waals surface area contributed by atoms with E-state index in [2.05, 4.69) is 18.8 Å². The number of carbonyl (C=O) groups is 1. The Morgan fingerprint density at radius 3 is 1.97 bits per heavy atom. The van der Waals surface area contributed by atoms with E-state index < -0.39 is 0 Å². The third kappa shape index (κ3) is 8.54. The number of rotatable bonds is 14. The molecular formula is C29H35NO4. The fourth-order valence-electron chi connectivity index (χ4n) is 3.46. The zero-order valence-corrected chi connectivity index (χ0v) is 20.3. The molecule has 0 N–H and O–H groups in total.